The minimum atomic E-state index is -0.330. The summed E-state index contributed by atoms with van der Waals surface area (Å²) in [5.41, 5.74) is 0.546. The number of anilines is 1. The lowest BCUT2D eigenvalue weighted by Crippen LogP contribution is -2.35. The van der Waals surface area contributed by atoms with Crippen LogP contribution < -0.4 is 10.6 Å². The van der Waals surface area contributed by atoms with E-state index in [2.05, 4.69) is 15.7 Å². The summed E-state index contributed by atoms with van der Waals surface area (Å²) in [6.07, 6.45) is 8.74. The third kappa shape index (κ3) is 4.62. The van der Waals surface area contributed by atoms with Gasteiger partial charge in [0.05, 0.1) is 17.8 Å². The zero-order valence-corrected chi connectivity index (χ0v) is 15.2. The van der Waals surface area contributed by atoms with Gasteiger partial charge in [-0.1, -0.05) is 19.8 Å². The van der Waals surface area contributed by atoms with E-state index in [0.717, 1.165) is 19.3 Å². The monoisotopic (exact) mass is 361 g/mol. The van der Waals surface area contributed by atoms with Gasteiger partial charge in [0.15, 0.2) is 0 Å². The number of carbonyl (C=O) groups excluding carboxylic acids is 3. The van der Waals surface area contributed by atoms with Crippen molar-refractivity contribution in [2.75, 3.05) is 18.4 Å². The first-order valence-corrected chi connectivity index (χ1v) is 9.45. The summed E-state index contributed by atoms with van der Waals surface area (Å²) in [4.78, 5) is 38.0. The number of hydrogen-bond donors (Lipinski definition) is 2. The van der Waals surface area contributed by atoms with Crippen LogP contribution in [0, 0.1) is 5.92 Å². The molecular formula is C18H27N5O3. The number of carbonyl (C=O) groups is 3. The highest BCUT2D eigenvalue weighted by Gasteiger charge is 2.33. The third-order valence-corrected chi connectivity index (χ3v) is 5.01. The molecule has 3 amide bonds. The normalized spacial score (nSPS) is 20.6. The molecule has 3 rings (SSSR count). The van der Waals surface area contributed by atoms with Gasteiger partial charge in [-0.2, -0.15) is 5.10 Å². The molecule has 2 aliphatic rings. The predicted octanol–water partition coefficient (Wildman–Crippen LogP) is 1.14. The molecular weight excluding hydrogens is 334 g/mol. The van der Waals surface area contributed by atoms with E-state index in [1.54, 1.807) is 11.1 Å². The van der Waals surface area contributed by atoms with E-state index in [1.165, 1.54) is 23.7 Å². The van der Waals surface area contributed by atoms with Crippen molar-refractivity contribution in [1.29, 1.82) is 0 Å². The van der Waals surface area contributed by atoms with Gasteiger partial charge in [0.25, 0.3) is 0 Å². The Morgan fingerprint density at radius 1 is 1.31 bits per heavy atom. The van der Waals surface area contributed by atoms with Crippen molar-refractivity contribution in [1.82, 2.24) is 20.0 Å². The van der Waals surface area contributed by atoms with Gasteiger partial charge in [-0.3, -0.25) is 19.1 Å². The Morgan fingerprint density at radius 2 is 2.08 bits per heavy atom. The summed E-state index contributed by atoms with van der Waals surface area (Å²) < 4.78 is 1.52. The Bertz CT molecular complexity index is 666. The van der Waals surface area contributed by atoms with Crippen LogP contribution in [0.2, 0.25) is 0 Å². The van der Waals surface area contributed by atoms with Gasteiger partial charge < -0.3 is 15.5 Å². The molecule has 2 heterocycles. The van der Waals surface area contributed by atoms with Crippen LogP contribution in [0.4, 0.5) is 5.69 Å². The van der Waals surface area contributed by atoms with E-state index in [1.807, 2.05) is 6.92 Å². The quantitative estimate of drug-likeness (QED) is 0.761. The summed E-state index contributed by atoms with van der Waals surface area (Å²) in [7, 11) is 0. The number of rotatable bonds is 7. The predicted molar refractivity (Wildman–Crippen MR) is 96.2 cm³/mol. The van der Waals surface area contributed by atoms with E-state index >= 15 is 0 Å². The lowest BCUT2D eigenvalue weighted by atomic mass is 10.1. The first-order chi connectivity index (χ1) is 12.5. The van der Waals surface area contributed by atoms with Gasteiger partial charge in [0.1, 0.15) is 6.54 Å². The number of hydrogen-bond acceptors (Lipinski definition) is 4. The van der Waals surface area contributed by atoms with E-state index in [0.29, 0.717) is 18.8 Å². The molecule has 1 unspecified atom stereocenters. The van der Waals surface area contributed by atoms with Gasteiger partial charge in [0.2, 0.25) is 17.7 Å². The molecule has 2 N–H and O–H groups in total. The molecule has 26 heavy (non-hydrogen) atoms. The number of nitrogens with one attached hydrogen (secondary N) is 2. The number of aromatic nitrogens is 2. The largest absolute Gasteiger partial charge is 0.352 e. The summed E-state index contributed by atoms with van der Waals surface area (Å²) in [5.74, 6) is -0.532. The van der Waals surface area contributed by atoms with Gasteiger partial charge in [-0.25, -0.2) is 0 Å². The highest BCUT2D eigenvalue weighted by atomic mass is 16.2. The van der Waals surface area contributed by atoms with E-state index in [9.17, 15) is 14.4 Å². The lowest BCUT2D eigenvalue weighted by Gasteiger charge is -2.14. The molecule has 1 aromatic heterocycles. The molecule has 1 aliphatic heterocycles. The molecule has 142 valence electrons. The summed E-state index contributed by atoms with van der Waals surface area (Å²) >= 11 is 0. The molecule has 1 saturated heterocycles. The second kappa shape index (κ2) is 8.33. The summed E-state index contributed by atoms with van der Waals surface area (Å²) in [6, 6.07) is 0.281. The van der Waals surface area contributed by atoms with Crippen LogP contribution >= 0.6 is 0 Å². The van der Waals surface area contributed by atoms with E-state index in [4.69, 9.17) is 0 Å². The molecule has 0 radical (unpaired) electrons. The van der Waals surface area contributed by atoms with Crippen LogP contribution in [0.15, 0.2) is 12.4 Å². The Kier molecular flexibility index (Phi) is 5.90. The maximum atomic E-state index is 12.4. The number of nitrogens with zero attached hydrogens (tertiary/aromatic N) is 3. The van der Waals surface area contributed by atoms with E-state index < -0.39 is 0 Å². The number of amides is 3. The van der Waals surface area contributed by atoms with Crippen molar-refractivity contribution in [2.24, 2.45) is 5.92 Å². The minimum absolute atomic E-state index is 0.0336. The fourth-order valence-electron chi connectivity index (χ4n) is 3.68. The highest BCUT2D eigenvalue weighted by Crippen LogP contribution is 2.20. The molecule has 1 aromatic rings. The molecule has 0 aromatic carbocycles. The Morgan fingerprint density at radius 3 is 2.81 bits per heavy atom. The van der Waals surface area contributed by atoms with Gasteiger partial charge in [-0.15, -0.1) is 0 Å². The maximum absolute atomic E-state index is 12.4. The van der Waals surface area contributed by atoms with Crippen molar-refractivity contribution in [3.63, 3.8) is 0 Å². The zero-order chi connectivity index (χ0) is 18.5. The van der Waals surface area contributed by atoms with Crippen molar-refractivity contribution in [2.45, 2.75) is 58.0 Å². The van der Waals surface area contributed by atoms with Crippen LogP contribution in [-0.2, 0) is 20.9 Å². The van der Waals surface area contributed by atoms with Crippen molar-refractivity contribution in [3.05, 3.63) is 12.4 Å². The Hall–Kier alpha value is -2.38. The first kappa shape index (κ1) is 18.4. The van der Waals surface area contributed by atoms with Gasteiger partial charge in [-0.05, 0) is 19.3 Å². The van der Waals surface area contributed by atoms with Crippen molar-refractivity contribution in [3.8, 4) is 0 Å². The molecule has 1 saturated carbocycles. The van der Waals surface area contributed by atoms with Crippen LogP contribution in [0.3, 0.4) is 0 Å². The SMILES string of the molecule is CCCN1CC(C(=O)Nc2cnn(CC(=O)NC3CCCC3)c2)CC1=O. The fourth-order valence-corrected chi connectivity index (χ4v) is 3.68. The molecule has 0 spiro atoms. The van der Waals surface area contributed by atoms with Crippen LogP contribution in [0.1, 0.15) is 45.4 Å². The topological polar surface area (TPSA) is 96.3 Å². The average molecular weight is 361 g/mol. The molecule has 8 nitrogen and oxygen atoms in total. The molecule has 8 heteroatoms. The standard InChI is InChI=1S/C18H27N5O3/c1-2-7-22-10-13(8-17(22)25)18(26)21-15-9-19-23(11-15)12-16(24)20-14-5-3-4-6-14/h9,11,13-14H,2-8,10,12H2,1H3,(H,20,24)(H,21,26). The minimum Gasteiger partial charge on any atom is -0.352 e. The maximum Gasteiger partial charge on any atom is 0.241 e. The van der Waals surface area contributed by atoms with Crippen LogP contribution in [-0.4, -0.2) is 51.5 Å². The highest BCUT2D eigenvalue weighted by molar-refractivity contribution is 5.97. The lowest BCUT2D eigenvalue weighted by molar-refractivity contribution is -0.128. The zero-order valence-electron chi connectivity index (χ0n) is 15.2. The molecule has 1 aliphatic carbocycles. The molecule has 0 bridgehead atoms. The molecule has 1 atom stereocenters. The Balaban J connectivity index is 1.48. The smallest absolute Gasteiger partial charge is 0.241 e. The van der Waals surface area contributed by atoms with Gasteiger partial charge >= 0.3 is 0 Å². The van der Waals surface area contributed by atoms with Crippen molar-refractivity contribution >= 4 is 23.4 Å². The van der Waals surface area contributed by atoms with Gasteiger partial charge in [0, 0.05) is 31.7 Å². The summed E-state index contributed by atoms with van der Waals surface area (Å²) in [6.45, 7) is 3.31. The molecule has 2 fully saturated rings. The second-order valence-electron chi connectivity index (χ2n) is 7.21. The van der Waals surface area contributed by atoms with Crippen LogP contribution in [0.5, 0.6) is 0 Å². The third-order valence-electron chi connectivity index (χ3n) is 5.01. The first-order valence-electron chi connectivity index (χ1n) is 9.45. The average Bonchev–Trinajstić information content (AvgIpc) is 3.31. The van der Waals surface area contributed by atoms with E-state index in [-0.39, 0.29) is 42.6 Å². The number of likely N-dealkylation sites (tertiary alicyclic amines) is 1. The second-order valence-corrected chi connectivity index (χ2v) is 7.21. The summed E-state index contributed by atoms with van der Waals surface area (Å²) in [5, 5.41) is 9.95. The fraction of sp³-hybridized carbons (Fsp3) is 0.667. The van der Waals surface area contributed by atoms with Crippen molar-refractivity contribution < 1.29 is 14.4 Å². The Labute approximate surface area is 153 Å². The van der Waals surface area contributed by atoms with Crippen LogP contribution in [0.25, 0.3) is 0 Å².